The van der Waals surface area contributed by atoms with Crippen molar-refractivity contribution in [1.82, 2.24) is 5.32 Å². The number of rotatable bonds is 4. The van der Waals surface area contributed by atoms with Crippen LogP contribution in [0.2, 0.25) is 0 Å². The number of methoxy groups -OCH3 is 1. The Morgan fingerprint density at radius 1 is 1.40 bits per heavy atom. The first-order chi connectivity index (χ1) is 7.15. The van der Waals surface area contributed by atoms with Crippen LogP contribution in [0.3, 0.4) is 0 Å². The van der Waals surface area contributed by atoms with Crippen molar-refractivity contribution in [3.8, 4) is 0 Å². The normalized spacial score (nSPS) is 19.7. The number of hydrogen-bond donors (Lipinski definition) is 1. The van der Waals surface area contributed by atoms with Gasteiger partial charge in [-0.3, -0.25) is 9.59 Å². The molecule has 1 aliphatic rings. The standard InChI is InChI=1S/C9H13NO5/c1-14-9(13)7(11)5-15-8(12)6-3-2-4-10-6/h6,10H,2-5H2,1H3/t6-/m0/s1. The van der Waals surface area contributed by atoms with Crippen molar-refractivity contribution in [3.63, 3.8) is 0 Å². The van der Waals surface area contributed by atoms with Crippen LogP contribution in [0.25, 0.3) is 0 Å². The first kappa shape index (κ1) is 11.6. The maximum Gasteiger partial charge on any atom is 0.378 e. The number of ketones is 1. The van der Waals surface area contributed by atoms with Crippen LogP contribution in [0, 0.1) is 0 Å². The Hall–Kier alpha value is -1.43. The molecule has 1 fully saturated rings. The molecule has 0 aliphatic carbocycles. The molecule has 0 amide bonds. The molecule has 6 nitrogen and oxygen atoms in total. The summed E-state index contributed by atoms with van der Waals surface area (Å²) in [6.45, 7) is 0.217. The molecule has 1 rings (SSSR count). The average molecular weight is 215 g/mol. The van der Waals surface area contributed by atoms with E-state index in [0.29, 0.717) is 6.42 Å². The Morgan fingerprint density at radius 2 is 2.13 bits per heavy atom. The number of carbonyl (C=O) groups excluding carboxylic acids is 3. The topological polar surface area (TPSA) is 81.7 Å². The molecule has 0 aromatic heterocycles. The van der Waals surface area contributed by atoms with Crippen LogP contribution in [-0.4, -0.2) is 44.0 Å². The van der Waals surface area contributed by atoms with Gasteiger partial charge in [-0.25, -0.2) is 4.79 Å². The number of nitrogens with one attached hydrogen (secondary N) is 1. The Bertz CT molecular complexity index is 270. The highest BCUT2D eigenvalue weighted by molar-refractivity contribution is 6.34. The Morgan fingerprint density at radius 3 is 2.67 bits per heavy atom. The number of Topliss-reactive ketones (excluding diaryl/α,β-unsaturated/α-hetero) is 1. The molecule has 1 heterocycles. The van der Waals surface area contributed by atoms with Crippen LogP contribution in [-0.2, 0) is 23.9 Å². The van der Waals surface area contributed by atoms with Gasteiger partial charge in [0, 0.05) is 0 Å². The zero-order chi connectivity index (χ0) is 11.3. The quantitative estimate of drug-likeness (QED) is 0.479. The first-order valence-electron chi connectivity index (χ1n) is 4.66. The van der Waals surface area contributed by atoms with E-state index in [2.05, 4.69) is 14.8 Å². The molecule has 0 saturated carbocycles. The first-order valence-corrected chi connectivity index (χ1v) is 4.66. The van der Waals surface area contributed by atoms with E-state index in [1.165, 1.54) is 0 Å². The zero-order valence-electron chi connectivity index (χ0n) is 8.45. The van der Waals surface area contributed by atoms with Crippen molar-refractivity contribution in [2.75, 3.05) is 20.3 Å². The molecule has 84 valence electrons. The van der Waals surface area contributed by atoms with Gasteiger partial charge in [0.1, 0.15) is 6.04 Å². The summed E-state index contributed by atoms with van der Waals surface area (Å²) in [5.41, 5.74) is 0. The monoisotopic (exact) mass is 215 g/mol. The van der Waals surface area contributed by atoms with Crippen molar-refractivity contribution >= 4 is 17.7 Å². The molecule has 1 atom stereocenters. The third-order valence-corrected chi connectivity index (χ3v) is 2.10. The van der Waals surface area contributed by atoms with Gasteiger partial charge in [0.05, 0.1) is 7.11 Å². The van der Waals surface area contributed by atoms with Gasteiger partial charge < -0.3 is 14.8 Å². The van der Waals surface area contributed by atoms with Crippen LogP contribution in [0.4, 0.5) is 0 Å². The fraction of sp³-hybridized carbons (Fsp3) is 0.667. The minimum Gasteiger partial charge on any atom is -0.463 e. The summed E-state index contributed by atoms with van der Waals surface area (Å²) in [4.78, 5) is 32.9. The van der Waals surface area contributed by atoms with Gasteiger partial charge in [0.2, 0.25) is 0 Å². The van der Waals surface area contributed by atoms with Gasteiger partial charge in [0.25, 0.3) is 5.78 Å². The van der Waals surface area contributed by atoms with Crippen LogP contribution in [0.15, 0.2) is 0 Å². The van der Waals surface area contributed by atoms with Gasteiger partial charge in [-0.2, -0.15) is 0 Å². The minimum atomic E-state index is -0.998. The Labute approximate surface area is 86.9 Å². The third-order valence-electron chi connectivity index (χ3n) is 2.10. The fourth-order valence-corrected chi connectivity index (χ4v) is 1.30. The van der Waals surface area contributed by atoms with Gasteiger partial charge in [-0.15, -0.1) is 0 Å². The van der Waals surface area contributed by atoms with E-state index in [1.54, 1.807) is 0 Å². The second-order valence-electron chi connectivity index (χ2n) is 3.17. The molecule has 6 heteroatoms. The Balaban J connectivity index is 2.27. The number of ether oxygens (including phenoxy) is 2. The highest BCUT2D eigenvalue weighted by Crippen LogP contribution is 2.06. The number of carbonyl (C=O) groups is 3. The van der Waals surface area contributed by atoms with E-state index in [-0.39, 0.29) is 6.04 Å². The largest absolute Gasteiger partial charge is 0.463 e. The molecular formula is C9H13NO5. The van der Waals surface area contributed by atoms with Crippen LogP contribution < -0.4 is 5.32 Å². The molecule has 0 unspecified atom stereocenters. The summed E-state index contributed by atoms with van der Waals surface area (Å²) < 4.78 is 8.83. The van der Waals surface area contributed by atoms with E-state index in [4.69, 9.17) is 0 Å². The van der Waals surface area contributed by atoms with Crippen LogP contribution in [0.5, 0.6) is 0 Å². The maximum absolute atomic E-state index is 11.3. The summed E-state index contributed by atoms with van der Waals surface area (Å²) in [6, 6.07) is -0.351. The van der Waals surface area contributed by atoms with E-state index < -0.39 is 24.3 Å². The predicted molar refractivity (Wildman–Crippen MR) is 49.0 cm³/mol. The highest BCUT2D eigenvalue weighted by atomic mass is 16.6. The summed E-state index contributed by atoms with van der Waals surface area (Å²) in [7, 11) is 1.10. The lowest BCUT2D eigenvalue weighted by Crippen LogP contribution is -2.34. The highest BCUT2D eigenvalue weighted by Gasteiger charge is 2.25. The maximum atomic E-state index is 11.3. The second-order valence-corrected chi connectivity index (χ2v) is 3.17. The van der Waals surface area contributed by atoms with E-state index in [9.17, 15) is 14.4 Å². The summed E-state index contributed by atoms with van der Waals surface area (Å²) in [5.74, 6) is -2.35. The fourth-order valence-electron chi connectivity index (χ4n) is 1.30. The predicted octanol–water partition coefficient (Wildman–Crippen LogP) is -0.976. The van der Waals surface area contributed by atoms with E-state index >= 15 is 0 Å². The van der Waals surface area contributed by atoms with Gasteiger partial charge in [-0.05, 0) is 19.4 Å². The molecule has 0 spiro atoms. The molecule has 0 bridgehead atoms. The van der Waals surface area contributed by atoms with Crippen molar-refractivity contribution in [3.05, 3.63) is 0 Å². The average Bonchev–Trinajstić information content (AvgIpc) is 2.77. The summed E-state index contributed by atoms with van der Waals surface area (Å²) >= 11 is 0. The molecule has 1 saturated heterocycles. The van der Waals surface area contributed by atoms with Crippen molar-refractivity contribution < 1.29 is 23.9 Å². The van der Waals surface area contributed by atoms with Crippen LogP contribution >= 0.6 is 0 Å². The minimum absolute atomic E-state index is 0.351. The molecule has 0 aromatic rings. The lowest BCUT2D eigenvalue weighted by molar-refractivity contribution is -0.158. The molecule has 0 radical (unpaired) electrons. The van der Waals surface area contributed by atoms with Gasteiger partial charge in [0.15, 0.2) is 6.61 Å². The Kier molecular flexibility index (Phi) is 4.23. The van der Waals surface area contributed by atoms with E-state index in [0.717, 1.165) is 20.1 Å². The van der Waals surface area contributed by atoms with Gasteiger partial charge in [-0.1, -0.05) is 0 Å². The molecular weight excluding hydrogens is 202 g/mol. The van der Waals surface area contributed by atoms with Crippen molar-refractivity contribution in [1.29, 1.82) is 0 Å². The third kappa shape index (κ3) is 3.32. The SMILES string of the molecule is COC(=O)C(=O)COC(=O)[C@@H]1CCCN1. The zero-order valence-corrected chi connectivity index (χ0v) is 8.45. The van der Waals surface area contributed by atoms with E-state index in [1.807, 2.05) is 0 Å². The number of esters is 2. The van der Waals surface area contributed by atoms with Crippen molar-refractivity contribution in [2.24, 2.45) is 0 Å². The molecule has 0 aromatic carbocycles. The van der Waals surface area contributed by atoms with Crippen LogP contribution in [0.1, 0.15) is 12.8 Å². The number of hydrogen-bond acceptors (Lipinski definition) is 6. The summed E-state index contributed by atoms with van der Waals surface area (Å²) in [6.07, 6.45) is 1.61. The van der Waals surface area contributed by atoms with Crippen molar-refractivity contribution in [2.45, 2.75) is 18.9 Å². The lowest BCUT2D eigenvalue weighted by atomic mass is 10.2. The second kappa shape index (κ2) is 5.45. The molecule has 1 N–H and O–H groups in total. The smallest absolute Gasteiger partial charge is 0.378 e. The molecule has 15 heavy (non-hydrogen) atoms. The van der Waals surface area contributed by atoms with Gasteiger partial charge >= 0.3 is 11.9 Å². The summed E-state index contributed by atoms with van der Waals surface area (Å²) in [5, 5.41) is 2.92. The lowest BCUT2D eigenvalue weighted by Gasteiger charge is -2.08. The molecule has 1 aliphatic heterocycles.